The lowest BCUT2D eigenvalue weighted by Gasteiger charge is -2.00. The fourth-order valence-electron chi connectivity index (χ4n) is 1.44. The van der Waals surface area contributed by atoms with Crippen LogP contribution in [0.2, 0.25) is 0 Å². The Kier molecular flexibility index (Phi) is 5.10. The number of amides is 2. The molecule has 2 rings (SSSR count). The second-order valence-corrected chi connectivity index (χ2v) is 4.82. The first-order valence-electron chi connectivity index (χ1n) is 6.08. The van der Waals surface area contributed by atoms with Gasteiger partial charge in [0.15, 0.2) is 5.13 Å². The van der Waals surface area contributed by atoms with E-state index in [-0.39, 0.29) is 23.9 Å². The van der Waals surface area contributed by atoms with Crippen LogP contribution < -0.4 is 10.6 Å². The van der Waals surface area contributed by atoms with Crippen LogP contribution in [-0.2, 0) is 11.2 Å². The van der Waals surface area contributed by atoms with Gasteiger partial charge >= 0.3 is 0 Å². The second kappa shape index (κ2) is 7.25. The highest BCUT2D eigenvalue weighted by atomic mass is 32.1. The maximum Gasteiger partial charge on any atom is 0.277 e. The second-order valence-electron chi connectivity index (χ2n) is 3.96. The van der Waals surface area contributed by atoms with Crippen molar-refractivity contribution in [3.8, 4) is 0 Å². The van der Waals surface area contributed by atoms with Gasteiger partial charge in [-0.15, -0.1) is 17.9 Å². The third kappa shape index (κ3) is 4.46. The van der Waals surface area contributed by atoms with Crippen LogP contribution in [0.15, 0.2) is 36.6 Å². The van der Waals surface area contributed by atoms with Gasteiger partial charge in [-0.2, -0.15) is 0 Å². The fourth-order valence-corrected chi connectivity index (χ4v) is 2.14. The molecule has 0 aliphatic carbocycles. The number of nitrogens with zero attached hydrogens (tertiary/aromatic N) is 3. The van der Waals surface area contributed by atoms with Crippen LogP contribution in [0.3, 0.4) is 0 Å². The molecular weight excluding hydrogens is 290 g/mol. The summed E-state index contributed by atoms with van der Waals surface area (Å²) in [5.41, 5.74) is 0.800. The molecule has 7 nitrogen and oxygen atoms in total. The number of hydrogen-bond acceptors (Lipinski definition) is 6. The van der Waals surface area contributed by atoms with Crippen LogP contribution in [0.25, 0.3) is 0 Å². The monoisotopic (exact) mass is 303 g/mol. The van der Waals surface area contributed by atoms with Gasteiger partial charge in [0.05, 0.1) is 18.3 Å². The SMILES string of the molecule is C=CCNC(=O)Cc1csc(NC(=O)c2cnccn2)n1. The molecule has 2 heterocycles. The van der Waals surface area contributed by atoms with E-state index < -0.39 is 0 Å². The summed E-state index contributed by atoms with van der Waals surface area (Å²) in [4.78, 5) is 35.3. The highest BCUT2D eigenvalue weighted by molar-refractivity contribution is 7.14. The highest BCUT2D eigenvalue weighted by Crippen LogP contribution is 2.16. The first-order chi connectivity index (χ1) is 10.2. The molecule has 0 saturated carbocycles. The zero-order chi connectivity index (χ0) is 15.1. The van der Waals surface area contributed by atoms with Crippen molar-refractivity contribution < 1.29 is 9.59 Å². The molecule has 0 aliphatic rings. The van der Waals surface area contributed by atoms with Crippen molar-refractivity contribution in [2.24, 2.45) is 0 Å². The Morgan fingerprint density at radius 3 is 2.95 bits per heavy atom. The minimum absolute atomic E-state index is 0.146. The summed E-state index contributed by atoms with van der Waals surface area (Å²) in [6.07, 6.45) is 6.05. The van der Waals surface area contributed by atoms with Gasteiger partial charge in [0.1, 0.15) is 5.69 Å². The summed E-state index contributed by atoms with van der Waals surface area (Å²) in [7, 11) is 0. The number of rotatable bonds is 6. The van der Waals surface area contributed by atoms with E-state index >= 15 is 0 Å². The van der Waals surface area contributed by atoms with Gasteiger partial charge in [0.25, 0.3) is 5.91 Å². The minimum Gasteiger partial charge on any atom is -0.352 e. The van der Waals surface area contributed by atoms with Crippen LogP contribution in [0.4, 0.5) is 5.13 Å². The van der Waals surface area contributed by atoms with Crippen molar-refractivity contribution in [3.63, 3.8) is 0 Å². The van der Waals surface area contributed by atoms with Crippen molar-refractivity contribution in [3.05, 3.63) is 48.0 Å². The molecule has 2 aromatic rings. The van der Waals surface area contributed by atoms with Crippen LogP contribution in [0.1, 0.15) is 16.2 Å². The molecule has 0 saturated heterocycles. The molecule has 2 aromatic heterocycles. The maximum atomic E-state index is 11.8. The predicted octanol–water partition coefficient (Wildman–Crippen LogP) is 1.03. The Morgan fingerprint density at radius 1 is 1.38 bits per heavy atom. The zero-order valence-electron chi connectivity index (χ0n) is 11.1. The molecule has 0 unspecified atom stereocenters. The summed E-state index contributed by atoms with van der Waals surface area (Å²) < 4.78 is 0. The third-order valence-electron chi connectivity index (χ3n) is 2.35. The number of carbonyl (C=O) groups excluding carboxylic acids is 2. The number of carbonyl (C=O) groups is 2. The van der Waals surface area contributed by atoms with Crippen molar-refractivity contribution in [2.45, 2.75) is 6.42 Å². The third-order valence-corrected chi connectivity index (χ3v) is 3.16. The molecule has 108 valence electrons. The fraction of sp³-hybridized carbons (Fsp3) is 0.154. The van der Waals surface area contributed by atoms with Gasteiger partial charge in [-0.1, -0.05) is 6.08 Å². The average molecular weight is 303 g/mol. The smallest absolute Gasteiger partial charge is 0.277 e. The summed E-state index contributed by atoms with van der Waals surface area (Å²) in [6.45, 7) is 3.93. The van der Waals surface area contributed by atoms with Crippen LogP contribution in [-0.4, -0.2) is 33.3 Å². The normalized spacial score (nSPS) is 9.90. The lowest BCUT2D eigenvalue weighted by Crippen LogP contribution is -2.25. The molecule has 0 fully saturated rings. The summed E-state index contributed by atoms with van der Waals surface area (Å²) in [5, 5.41) is 7.41. The van der Waals surface area contributed by atoms with Crippen molar-refractivity contribution in [1.82, 2.24) is 20.3 Å². The number of anilines is 1. The van der Waals surface area contributed by atoms with Gasteiger partial charge < -0.3 is 5.32 Å². The Labute approximate surface area is 125 Å². The molecule has 0 spiro atoms. The lowest BCUT2D eigenvalue weighted by molar-refractivity contribution is -0.120. The van der Waals surface area contributed by atoms with E-state index in [1.54, 1.807) is 11.5 Å². The topological polar surface area (TPSA) is 96.9 Å². The number of thiazole rings is 1. The number of hydrogen-bond donors (Lipinski definition) is 2. The van der Waals surface area contributed by atoms with Gasteiger partial charge in [0, 0.05) is 24.3 Å². The molecule has 21 heavy (non-hydrogen) atoms. The van der Waals surface area contributed by atoms with E-state index in [0.717, 1.165) is 0 Å². The van der Waals surface area contributed by atoms with E-state index in [2.05, 4.69) is 32.2 Å². The largest absolute Gasteiger partial charge is 0.352 e. The number of nitrogens with one attached hydrogen (secondary N) is 2. The van der Waals surface area contributed by atoms with E-state index in [0.29, 0.717) is 17.4 Å². The van der Waals surface area contributed by atoms with E-state index in [1.165, 1.54) is 29.9 Å². The van der Waals surface area contributed by atoms with Crippen molar-refractivity contribution in [2.75, 3.05) is 11.9 Å². The molecule has 0 atom stereocenters. The number of aromatic nitrogens is 3. The van der Waals surface area contributed by atoms with Gasteiger partial charge in [-0.05, 0) is 0 Å². The molecule has 0 radical (unpaired) electrons. The maximum absolute atomic E-state index is 11.8. The first kappa shape index (κ1) is 14.8. The quantitative estimate of drug-likeness (QED) is 0.777. The standard InChI is InChI=1S/C13H13N5O2S/c1-2-3-16-11(19)6-9-8-21-13(17-9)18-12(20)10-7-14-4-5-15-10/h2,4-5,7-8H,1,3,6H2,(H,16,19)(H,17,18,20). The van der Waals surface area contributed by atoms with Gasteiger partial charge in [-0.25, -0.2) is 9.97 Å². The molecule has 8 heteroatoms. The highest BCUT2D eigenvalue weighted by Gasteiger charge is 2.11. The van der Waals surface area contributed by atoms with Crippen molar-refractivity contribution in [1.29, 1.82) is 0 Å². The molecule has 0 aromatic carbocycles. The Morgan fingerprint density at radius 2 is 2.24 bits per heavy atom. The van der Waals surface area contributed by atoms with Crippen LogP contribution in [0.5, 0.6) is 0 Å². The molecule has 2 N–H and O–H groups in total. The summed E-state index contributed by atoms with van der Waals surface area (Å²) in [6, 6.07) is 0. The Hall–Kier alpha value is -2.61. The van der Waals surface area contributed by atoms with Gasteiger partial charge in [0.2, 0.25) is 5.91 Å². The van der Waals surface area contributed by atoms with Crippen molar-refractivity contribution >= 4 is 28.3 Å². The summed E-state index contributed by atoms with van der Waals surface area (Å²) >= 11 is 1.25. The lowest BCUT2D eigenvalue weighted by atomic mass is 10.3. The van der Waals surface area contributed by atoms with Gasteiger partial charge in [-0.3, -0.25) is 19.9 Å². The van der Waals surface area contributed by atoms with E-state index in [4.69, 9.17) is 0 Å². The molecular formula is C13H13N5O2S. The average Bonchev–Trinajstić information content (AvgIpc) is 2.93. The Balaban J connectivity index is 1.92. The molecule has 2 amide bonds. The molecule has 0 bridgehead atoms. The molecule has 0 aliphatic heterocycles. The minimum atomic E-state index is -0.389. The first-order valence-corrected chi connectivity index (χ1v) is 6.96. The predicted molar refractivity (Wildman–Crippen MR) is 79.0 cm³/mol. The summed E-state index contributed by atoms with van der Waals surface area (Å²) in [5.74, 6) is -0.535. The van der Waals surface area contributed by atoms with E-state index in [1.807, 2.05) is 0 Å². The van der Waals surface area contributed by atoms with E-state index in [9.17, 15) is 9.59 Å². The zero-order valence-corrected chi connectivity index (χ0v) is 11.9. The Bertz CT molecular complexity index is 641. The van der Waals surface area contributed by atoms with Crippen LogP contribution in [0, 0.1) is 0 Å². The van der Waals surface area contributed by atoms with Crippen LogP contribution >= 0.6 is 11.3 Å².